The molecule has 2 aromatic rings. The van der Waals surface area contributed by atoms with Crippen molar-refractivity contribution in [1.29, 1.82) is 0 Å². The van der Waals surface area contributed by atoms with Gasteiger partial charge in [-0.15, -0.1) is 0 Å². The van der Waals surface area contributed by atoms with Crippen LogP contribution in [0.3, 0.4) is 0 Å². The number of fused-ring (bicyclic) bond motifs is 1. The van der Waals surface area contributed by atoms with Crippen molar-refractivity contribution in [3.63, 3.8) is 0 Å². The number of anilines is 1. The fourth-order valence-electron chi connectivity index (χ4n) is 1.68. The molecular weight excluding hydrogens is 264 g/mol. The zero-order valence-electron chi connectivity index (χ0n) is 9.33. The zero-order valence-corrected chi connectivity index (χ0v) is 10.9. The first-order valence-electron chi connectivity index (χ1n) is 5.59. The molecule has 1 heterocycles. The summed E-state index contributed by atoms with van der Waals surface area (Å²) in [6.07, 6.45) is 4.23. The van der Waals surface area contributed by atoms with Gasteiger partial charge in [0.15, 0.2) is 0 Å². The van der Waals surface area contributed by atoms with Crippen molar-refractivity contribution >= 4 is 32.5 Å². The Balaban J connectivity index is 2.30. The Morgan fingerprint density at radius 2 is 2.25 bits per heavy atom. The third kappa shape index (κ3) is 2.53. The van der Waals surface area contributed by atoms with Gasteiger partial charge in [0.1, 0.15) is 0 Å². The first-order valence-corrected chi connectivity index (χ1v) is 6.38. The summed E-state index contributed by atoms with van der Waals surface area (Å²) < 4.78 is 1.02. The summed E-state index contributed by atoms with van der Waals surface area (Å²) in [5.74, 6) is 0. The van der Waals surface area contributed by atoms with Crippen molar-refractivity contribution in [3.05, 3.63) is 34.9 Å². The molecule has 0 aliphatic rings. The van der Waals surface area contributed by atoms with Crippen molar-refractivity contribution < 1.29 is 0 Å². The number of hydrogen-bond donors (Lipinski definition) is 1. The van der Waals surface area contributed by atoms with E-state index in [0.717, 1.165) is 27.6 Å². The lowest BCUT2D eigenvalue weighted by atomic mass is 10.2. The number of pyridine rings is 1. The summed E-state index contributed by atoms with van der Waals surface area (Å²) in [5.41, 5.74) is 2.17. The Morgan fingerprint density at radius 1 is 1.38 bits per heavy atom. The summed E-state index contributed by atoms with van der Waals surface area (Å²) in [5, 5.41) is 4.59. The fraction of sp³-hybridized carbons (Fsp3) is 0.308. The maximum Gasteiger partial charge on any atom is 0.0934 e. The predicted molar refractivity (Wildman–Crippen MR) is 72.8 cm³/mol. The van der Waals surface area contributed by atoms with E-state index in [-0.39, 0.29) is 0 Å². The van der Waals surface area contributed by atoms with Gasteiger partial charge in [0.25, 0.3) is 0 Å². The Hall–Kier alpha value is -1.09. The van der Waals surface area contributed by atoms with Crippen LogP contribution in [-0.4, -0.2) is 11.5 Å². The largest absolute Gasteiger partial charge is 0.383 e. The molecule has 0 amide bonds. The quantitative estimate of drug-likeness (QED) is 0.848. The highest BCUT2D eigenvalue weighted by molar-refractivity contribution is 9.10. The molecule has 0 saturated heterocycles. The Morgan fingerprint density at radius 3 is 3.06 bits per heavy atom. The minimum atomic E-state index is 1.01. The summed E-state index contributed by atoms with van der Waals surface area (Å²) in [7, 11) is 0. The molecule has 0 bridgehead atoms. The molecular formula is C13H15BrN2. The first-order chi connectivity index (χ1) is 7.81. The SMILES string of the molecule is CCCCNc1cccc2cc(Br)cnc12. The number of rotatable bonds is 4. The van der Waals surface area contributed by atoms with Gasteiger partial charge in [0.05, 0.1) is 11.2 Å². The summed E-state index contributed by atoms with van der Waals surface area (Å²) >= 11 is 3.44. The zero-order chi connectivity index (χ0) is 11.4. The molecule has 16 heavy (non-hydrogen) atoms. The Bertz CT molecular complexity index is 482. The predicted octanol–water partition coefficient (Wildman–Crippen LogP) is 4.21. The molecule has 0 saturated carbocycles. The third-order valence-corrected chi connectivity index (χ3v) is 2.96. The van der Waals surface area contributed by atoms with Gasteiger partial charge in [0, 0.05) is 22.6 Å². The molecule has 0 aliphatic heterocycles. The number of nitrogens with zero attached hydrogens (tertiary/aromatic N) is 1. The second kappa shape index (κ2) is 5.30. The van der Waals surface area contributed by atoms with E-state index in [0.29, 0.717) is 0 Å². The van der Waals surface area contributed by atoms with Crippen LogP contribution in [0.2, 0.25) is 0 Å². The number of halogens is 1. The maximum atomic E-state index is 4.45. The lowest BCUT2D eigenvalue weighted by molar-refractivity contribution is 0.835. The summed E-state index contributed by atoms with van der Waals surface area (Å²) in [6.45, 7) is 3.20. The average Bonchev–Trinajstić information content (AvgIpc) is 2.29. The molecule has 1 N–H and O–H groups in total. The summed E-state index contributed by atoms with van der Waals surface area (Å²) in [6, 6.07) is 8.31. The van der Waals surface area contributed by atoms with Gasteiger partial charge >= 0.3 is 0 Å². The number of hydrogen-bond acceptors (Lipinski definition) is 2. The number of para-hydroxylation sites is 1. The molecule has 0 aliphatic carbocycles. The molecule has 2 nitrogen and oxygen atoms in total. The van der Waals surface area contributed by atoms with Gasteiger partial charge < -0.3 is 5.32 Å². The highest BCUT2D eigenvalue weighted by Crippen LogP contribution is 2.23. The van der Waals surface area contributed by atoms with Crippen LogP contribution in [0.5, 0.6) is 0 Å². The molecule has 0 fully saturated rings. The van der Waals surface area contributed by atoms with E-state index in [1.54, 1.807) is 0 Å². The van der Waals surface area contributed by atoms with Gasteiger partial charge in [-0.3, -0.25) is 4.98 Å². The standard InChI is InChI=1S/C13H15BrN2/c1-2-3-7-15-12-6-4-5-10-8-11(14)9-16-13(10)12/h4-6,8-9,15H,2-3,7H2,1H3. The van der Waals surface area contributed by atoms with Crippen LogP contribution in [0.25, 0.3) is 10.9 Å². The molecule has 0 atom stereocenters. The molecule has 3 heteroatoms. The number of unbranched alkanes of at least 4 members (excludes halogenated alkanes) is 1. The fourth-order valence-corrected chi connectivity index (χ4v) is 2.03. The van der Waals surface area contributed by atoms with Crippen LogP contribution < -0.4 is 5.32 Å². The van der Waals surface area contributed by atoms with Crippen LogP contribution in [0.1, 0.15) is 19.8 Å². The van der Waals surface area contributed by atoms with E-state index in [1.165, 1.54) is 12.8 Å². The van der Waals surface area contributed by atoms with Crippen LogP contribution >= 0.6 is 15.9 Å². The second-order valence-corrected chi connectivity index (χ2v) is 4.73. The number of aromatic nitrogens is 1. The van der Waals surface area contributed by atoms with Gasteiger partial charge in [-0.25, -0.2) is 0 Å². The maximum absolute atomic E-state index is 4.45. The van der Waals surface area contributed by atoms with Crippen molar-refractivity contribution in [2.75, 3.05) is 11.9 Å². The molecule has 84 valence electrons. The van der Waals surface area contributed by atoms with E-state index in [9.17, 15) is 0 Å². The minimum absolute atomic E-state index is 1.01. The summed E-state index contributed by atoms with van der Waals surface area (Å²) in [4.78, 5) is 4.45. The highest BCUT2D eigenvalue weighted by Gasteiger charge is 2.01. The lowest BCUT2D eigenvalue weighted by Gasteiger charge is -2.08. The van der Waals surface area contributed by atoms with Gasteiger partial charge in [-0.1, -0.05) is 25.5 Å². The van der Waals surface area contributed by atoms with Crippen LogP contribution in [-0.2, 0) is 0 Å². The van der Waals surface area contributed by atoms with E-state index in [1.807, 2.05) is 6.20 Å². The number of nitrogens with one attached hydrogen (secondary N) is 1. The van der Waals surface area contributed by atoms with Gasteiger partial charge in [-0.05, 0) is 34.5 Å². The normalized spacial score (nSPS) is 10.6. The molecule has 0 spiro atoms. The second-order valence-electron chi connectivity index (χ2n) is 3.81. The van der Waals surface area contributed by atoms with Crippen LogP contribution in [0.15, 0.2) is 34.9 Å². The first kappa shape index (κ1) is 11.4. The lowest BCUT2D eigenvalue weighted by Crippen LogP contribution is -2.01. The molecule has 0 unspecified atom stereocenters. The van der Waals surface area contributed by atoms with Crippen molar-refractivity contribution in [3.8, 4) is 0 Å². The Kier molecular flexibility index (Phi) is 3.78. The topological polar surface area (TPSA) is 24.9 Å². The van der Waals surface area contributed by atoms with E-state index in [4.69, 9.17) is 0 Å². The van der Waals surface area contributed by atoms with E-state index < -0.39 is 0 Å². The third-order valence-electron chi connectivity index (χ3n) is 2.52. The van der Waals surface area contributed by atoms with E-state index >= 15 is 0 Å². The highest BCUT2D eigenvalue weighted by atomic mass is 79.9. The van der Waals surface area contributed by atoms with Crippen LogP contribution in [0, 0.1) is 0 Å². The van der Waals surface area contributed by atoms with Gasteiger partial charge in [0.2, 0.25) is 0 Å². The average molecular weight is 279 g/mol. The Labute approximate surface area is 104 Å². The minimum Gasteiger partial charge on any atom is -0.383 e. The van der Waals surface area contributed by atoms with Crippen molar-refractivity contribution in [2.24, 2.45) is 0 Å². The molecule has 1 aromatic carbocycles. The van der Waals surface area contributed by atoms with E-state index in [2.05, 4.69) is 57.4 Å². The molecule has 0 radical (unpaired) electrons. The molecule has 1 aromatic heterocycles. The van der Waals surface area contributed by atoms with Crippen molar-refractivity contribution in [1.82, 2.24) is 4.98 Å². The molecule has 2 rings (SSSR count). The van der Waals surface area contributed by atoms with Gasteiger partial charge in [-0.2, -0.15) is 0 Å². The number of benzene rings is 1. The monoisotopic (exact) mass is 278 g/mol. The van der Waals surface area contributed by atoms with Crippen molar-refractivity contribution in [2.45, 2.75) is 19.8 Å². The smallest absolute Gasteiger partial charge is 0.0934 e. The van der Waals surface area contributed by atoms with Crippen LogP contribution in [0.4, 0.5) is 5.69 Å².